The van der Waals surface area contributed by atoms with Gasteiger partial charge in [-0.3, -0.25) is 19.5 Å². The molecule has 7 nitrogen and oxygen atoms in total. The van der Waals surface area contributed by atoms with Gasteiger partial charge in [0, 0.05) is 51.2 Å². The van der Waals surface area contributed by atoms with Crippen LogP contribution in [-0.4, -0.2) is 90.0 Å². The molecule has 2 amide bonds. The van der Waals surface area contributed by atoms with E-state index in [-0.39, 0.29) is 17.9 Å². The highest BCUT2D eigenvalue weighted by Crippen LogP contribution is 2.13. The van der Waals surface area contributed by atoms with Crippen LogP contribution in [0, 0.1) is 6.92 Å². The van der Waals surface area contributed by atoms with E-state index >= 15 is 0 Å². The van der Waals surface area contributed by atoms with E-state index in [9.17, 15) is 9.59 Å². The van der Waals surface area contributed by atoms with Gasteiger partial charge in [0.15, 0.2) is 0 Å². The first-order valence-corrected chi connectivity index (χ1v) is 8.89. The molecule has 2 saturated heterocycles. The number of morpholine rings is 1. The zero-order chi connectivity index (χ0) is 17.8. The lowest BCUT2D eigenvalue weighted by atomic mass is 10.1. The number of rotatable bonds is 3. The topological polar surface area (TPSA) is 66.0 Å². The summed E-state index contributed by atoms with van der Waals surface area (Å²) >= 11 is 0. The van der Waals surface area contributed by atoms with Crippen LogP contribution in [-0.2, 0) is 9.53 Å². The van der Waals surface area contributed by atoms with Crippen molar-refractivity contribution in [1.29, 1.82) is 0 Å². The van der Waals surface area contributed by atoms with Crippen molar-refractivity contribution in [2.45, 2.75) is 19.9 Å². The first-order chi connectivity index (χ1) is 12.1. The summed E-state index contributed by atoms with van der Waals surface area (Å²) in [6.45, 7) is 9.12. The predicted molar refractivity (Wildman–Crippen MR) is 93.3 cm³/mol. The highest BCUT2D eigenvalue weighted by molar-refractivity contribution is 5.94. The van der Waals surface area contributed by atoms with Crippen molar-refractivity contribution in [3.63, 3.8) is 0 Å². The summed E-state index contributed by atoms with van der Waals surface area (Å²) in [5.74, 6) is 0.171. The number of pyridine rings is 1. The first kappa shape index (κ1) is 17.8. The Kier molecular flexibility index (Phi) is 5.65. The van der Waals surface area contributed by atoms with Crippen LogP contribution in [0.3, 0.4) is 0 Å². The lowest BCUT2D eigenvalue weighted by Crippen LogP contribution is -2.56. The van der Waals surface area contributed by atoms with Gasteiger partial charge in [0.25, 0.3) is 5.91 Å². The van der Waals surface area contributed by atoms with Crippen LogP contribution in [0.15, 0.2) is 18.3 Å². The summed E-state index contributed by atoms with van der Waals surface area (Å²) in [6.07, 6.45) is 1.63. The predicted octanol–water partition coefficient (Wildman–Crippen LogP) is 0.395. The van der Waals surface area contributed by atoms with E-state index in [0.29, 0.717) is 58.0 Å². The third-order valence-electron chi connectivity index (χ3n) is 4.99. The van der Waals surface area contributed by atoms with Gasteiger partial charge in [0.1, 0.15) is 0 Å². The van der Waals surface area contributed by atoms with Crippen molar-refractivity contribution in [1.82, 2.24) is 19.7 Å². The standard InChI is InChI=1S/C18H26N4O3/c1-14-3-4-16(13-19-14)18(24)21-7-5-20(6-8-21)15(2)17(23)22-9-11-25-12-10-22/h3-4,13,15H,5-12H2,1-2H3/t15-/m0/s1. The first-order valence-electron chi connectivity index (χ1n) is 8.89. The number of carbonyl (C=O) groups excluding carboxylic acids is 2. The van der Waals surface area contributed by atoms with Gasteiger partial charge >= 0.3 is 0 Å². The van der Waals surface area contributed by atoms with Crippen LogP contribution < -0.4 is 0 Å². The summed E-state index contributed by atoms with van der Waals surface area (Å²) in [7, 11) is 0. The Morgan fingerprint density at radius 3 is 2.32 bits per heavy atom. The van der Waals surface area contributed by atoms with Crippen LogP contribution in [0.5, 0.6) is 0 Å². The van der Waals surface area contributed by atoms with Gasteiger partial charge in [-0.2, -0.15) is 0 Å². The number of carbonyl (C=O) groups is 2. The van der Waals surface area contributed by atoms with E-state index < -0.39 is 0 Å². The number of ether oxygens (including phenoxy) is 1. The third-order valence-corrected chi connectivity index (χ3v) is 4.99. The molecule has 1 atom stereocenters. The fraction of sp³-hybridized carbons (Fsp3) is 0.611. The second kappa shape index (κ2) is 7.93. The van der Waals surface area contributed by atoms with Crippen molar-refractivity contribution in [2.24, 2.45) is 0 Å². The van der Waals surface area contributed by atoms with Crippen molar-refractivity contribution < 1.29 is 14.3 Å². The fourth-order valence-electron chi connectivity index (χ4n) is 3.29. The monoisotopic (exact) mass is 346 g/mol. The van der Waals surface area contributed by atoms with Crippen LogP contribution >= 0.6 is 0 Å². The SMILES string of the molecule is Cc1ccc(C(=O)N2CCN([C@@H](C)C(=O)N3CCOCC3)CC2)cn1. The van der Waals surface area contributed by atoms with Gasteiger partial charge in [0.05, 0.1) is 24.8 Å². The molecular weight excluding hydrogens is 320 g/mol. The molecule has 3 rings (SSSR count). The Hall–Kier alpha value is -1.99. The second-order valence-corrected chi connectivity index (χ2v) is 6.63. The maximum Gasteiger partial charge on any atom is 0.255 e. The molecule has 0 unspecified atom stereocenters. The molecule has 7 heteroatoms. The van der Waals surface area contributed by atoms with E-state index in [0.717, 1.165) is 5.69 Å². The largest absolute Gasteiger partial charge is 0.378 e. The lowest BCUT2D eigenvalue weighted by Gasteiger charge is -2.39. The maximum atomic E-state index is 12.6. The molecule has 2 aliphatic rings. The van der Waals surface area contributed by atoms with Crippen molar-refractivity contribution in [2.75, 3.05) is 52.5 Å². The molecule has 1 aromatic heterocycles. The van der Waals surface area contributed by atoms with Gasteiger partial charge in [-0.25, -0.2) is 0 Å². The molecule has 0 spiro atoms. The number of nitrogens with zero attached hydrogens (tertiary/aromatic N) is 4. The molecule has 0 bridgehead atoms. The number of aromatic nitrogens is 1. The summed E-state index contributed by atoms with van der Waals surface area (Å²) < 4.78 is 5.31. The molecular formula is C18H26N4O3. The Labute approximate surface area is 148 Å². The van der Waals surface area contributed by atoms with E-state index in [1.807, 2.05) is 35.8 Å². The minimum Gasteiger partial charge on any atom is -0.378 e. The van der Waals surface area contributed by atoms with Gasteiger partial charge in [-0.15, -0.1) is 0 Å². The number of hydrogen-bond donors (Lipinski definition) is 0. The molecule has 0 N–H and O–H groups in total. The highest BCUT2D eigenvalue weighted by atomic mass is 16.5. The van der Waals surface area contributed by atoms with Gasteiger partial charge in [-0.05, 0) is 26.0 Å². The zero-order valence-electron chi connectivity index (χ0n) is 15.0. The quantitative estimate of drug-likeness (QED) is 0.792. The van der Waals surface area contributed by atoms with E-state index in [1.165, 1.54) is 0 Å². The number of amides is 2. The fourth-order valence-corrected chi connectivity index (χ4v) is 3.29. The summed E-state index contributed by atoms with van der Waals surface area (Å²) in [6, 6.07) is 3.52. The summed E-state index contributed by atoms with van der Waals surface area (Å²) in [5, 5.41) is 0. The number of piperazine rings is 1. The zero-order valence-corrected chi connectivity index (χ0v) is 15.0. The molecule has 0 saturated carbocycles. The highest BCUT2D eigenvalue weighted by Gasteiger charge is 2.30. The molecule has 0 aromatic carbocycles. The molecule has 25 heavy (non-hydrogen) atoms. The molecule has 2 aliphatic heterocycles. The molecule has 1 aromatic rings. The van der Waals surface area contributed by atoms with E-state index in [1.54, 1.807) is 6.20 Å². The number of aryl methyl sites for hydroxylation is 1. The normalized spacial score (nSPS) is 20.4. The molecule has 2 fully saturated rings. The van der Waals surface area contributed by atoms with E-state index in [2.05, 4.69) is 9.88 Å². The van der Waals surface area contributed by atoms with Crippen molar-refractivity contribution in [3.05, 3.63) is 29.6 Å². The van der Waals surface area contributed by atoms with Crippen LogP contribution in [0.4, 0.5) is 0 Å². The average molecular weight is 346 g/mol. The molecule has 0 aliphatic carbocycles. The van der Waals surface area contributed by atoms with Gasteiger partial charge < -0.3 is 14.5 Å². The lowest BCUT2D eigenvalue weighted by molar-refractivity contribution is -0.141. The van der Waals surface area contributed by atoms with Gasteiger partial charge in [-0.1, -0.05) is 0 Å². The van der Waals surface area contributed by atoms with Crippen LogP contribution in [0.1, 0.15) is 23.0 Å². The molecule has 0 radical (unpaired) electrons. The molecule has 3 heterocycles. The Morgan fingerprint density at radius 2 is 1.72 bits per heavy atom. The smallest absolute Gasteiger partial charge is 0.255 e. The average Bonchev–Trinajstić information content (AvgIpc) is 2.67. The van der Waals surface area contributed by atoms with Crippen LogP contribution in [0.2, 0.25) is 0 Å². The minimum atomic E-state index is -0.156. The Balaban J connectivity index is 1.53. The maximum absolute atomic E-state index is 12.6. The van der Waals surface area contributed by atoms with Crippen molar-refractivity contribution in [3.8, 4) is 0 Å². The molecule has 136 valence electrons. The Morgan fingerprint density at radius 1 is 1.04 bits per heavy atom. The van der Waals surface area contributed by atoms with E-state index in [4.69, 9.17) is 4.74 Å². The Bertz CT molecular complexity index is 605. The summed E-state index contributed by atoms with van der Waals surface area (Å²) in [4.78, 5) is 35.2. The third kappa shape index (κ3) is 4.16. The minimum absolute atomic E-state index is 0.0132. The second-order valence-electron chi connectivity index (χ2n) is 6.63. The summed E-state index contributed by atoms with van der Waals surface area (Å²) in [5.41, 5.74) is 1.52. The van der Waals surface area contributed by atoms with Crippen LogP contribution in [0.25, 0.3) is 0 Å². The number of hydrogen-bond acceptors (Lipinski definition) is 5. The van der Waals surface area contributed by atoms with Crippen molar-refractivity contribution >= 4 is 11.8 Å². The van der Waals surface area contributed by atoms with Gasteiger partial charge in [0.2, 0.25) is 5.91 Å².